The number of nitrogens with two attached hydrogens (primary N) is 2. The zero-order valence-electron chi connectivity index (χ0n) is 15.9. The molecule has 14 heteroatoms. The van der Waals surface area contributed by atoms with Gasteiger partial charge in [0.2, 0.25) is 11.8 Å². The van der Waals surface area contributed by atoms with Gasteiger partial charge in [0.05, 0.1) is 24.2 Å². The van der Waals surface area contributed by atoms with Crippen LogP contribution in [0.25, 0.3) is 0 Å². The Bertz CT molecular complexity index is 601. The van der Waals surface area contributed by atoms with Crippen molar-refractivity contribution in [3.63, 3.8) is 0 Å². The number of hydrogen-bond acceptors (Lipinski definition) is 8. The molecule has 0 aromatic rings. The SMILES string of the molecule is C#CCNC(=O)CBr.C#CCNC(=O)CSC[C@H](N)C(=O)O.Cl.N[C@@H](CS)C(=O)O. The molecule has 0 bridgehead atoms. The molecule has 0 rings (SSSR count). The molecule has 0 aromatic carbocycles. The fourth-order valence-electron chi connectivity index (χ4n) is 0.825. The van der Waals surface area contributed by atoms with Crippen LogP contribution in [-0.4, -0.2) is 81.7 Å². The van der Waals surface area contributed by atoms with E-state index in [1.165, 1.54) is 0 Å². The lowest BCUT2D eigenvalue weighted by atomic mass is 10.4. The summed E-state index contributed by atoms with van der Waals surface area (Å²) >= 11 is 7.78. The Balaban J connectivity index is -0.000000181. The third kappa shape index (κ3) is 28.6. The van der Waals surface area contributed by atoms with Crippen LogP contribution < -0.4 is 22.1 Å². The van der Waals surface area contributed by atoms with Crippen LogP contribution in [0.2, 0.25) is 0 Å². The minimum atomic E-state index is -1.07. The number of carbonyl (C=O) groups excluding carboxylic acids is 2. The summed E-state index contributed by atoms with van der Waals surface area (Å²) < 4.78 is 0. The van der Waals surface area contributed by atoms with Crippen LogP contribution in [0.4, 0.5) is 0 Å². The monoisotopic (exact) mass is 548 g/mol. The maximum absolute atomic E-state index is 10.9. The molecular formula is C16H26BrClN4O6S2. The topological polar surface area (TPSA) is 185 Å². The van der Waals surface area contributed by atoms with E-state index in [0.29, 0.717) is 11.9 Å². The van der Waals surface area contributed by atoms with E-state index in [1.807, 2.05) is 0 Å². The van der Waals surface area contributed by atoms with Gasteiger partial charge in [0, 0.05) is 11.5 Å². The van der Waals surface area contributed by atoms with E-state index >= 15 is 0 Å². The molecular weight excluding hydrogens is 524 g/mol. The summed E-state index contributed by atoms with van der Waals surface area (Å²) in [7, 11) is 0. The average molecular weight is 550 g/mol. The quantitative estimate of drug-likeness (QED) is 0.0994. The predicted molar refractivity (Wildman–Crippen MR) is 127 cm³/mol. The van der Waals surface area contributed by atoms with Crippen molar-refractivity contribution in [1.82, 2.24) is 10.6 Å². The van der Waals surface area contributed by atoms with E-state index in [1.54, 1.807) is 0 Å². The first-order chi connectivity index (χ1) is 13.6. The van der Waals surface area contributed by atoms with Crippen LogP contribution in [0.15, 0.2) is 0 Å². The van der Waals surface area contributed by atoms with E-state index in [2.05, 4.69) is 51.0 Å². The lowest BCUT2D eigenvalue weighted by Gasteiger charge is -2.05. The number of thiol groups is 1. The molecule has 0 spiro atoms. The molecule has 0 saturated carbocycles. The Morgan fingerprint density at radius 1 is 1.00 bits per heavy atom. The zero-order valence-corrected chi connectivity index (χ0v) is 20.0. The number of terminal acetylenes is 2. The number of carbonyl (C=O) groups is 4. The molecule has 30 heavy (non-hydrogen) atoms. The van der Waals surface area contributed by atoms with Crippen LogP contribution in [0.3, 0.4) is 0 Å². The third-order valence-electron chi connectivity index (χ3n) is 2.26. The van der Waals surface area contributed by atoms with Crippen molar-refractivity contribution in [3.8, 4) is 24.7 Å². The molecule has 0 aliphatic carbocycles. The van der Waals surface area contributed by atoms with Gasteiger partial charge in [-0.2, -0.15) is 12.6 Å². The predicted octanol–water partition coefficient (Wildman–Crippen LogP) is -1.24. The van der Waals surface area contributed by atoms with E-state index < -0.39 is 24.0 Å². The Labute approximate surface area is 200 Å². The number of carboxylic acids is 2. The van der Waals surface area contributed by atoms with Gasteiger partial charge >= 0.3 is 11.9 Å². The number of rotatable bonds is 10. The van der Waals surface area contributed by atoms with Crippen LogP contribution in [0.5, 0.6) is 0 Å². The number of nitrogens with one attached hydrogen (secondary N) is 2. The highest BCUT2D eigenvalue weighted by Gasteiger charge is 2.11. The van der Waals surface area contributed by atoms with Crippen LogP contribution in [0.1, 0.15) is 0 Å². The number of halogens is 2. The minimum Gasteiger partial charge on any atom is -0.480 e. The van der Waals surface area contributed by atoms with Crippen molar-refractivity contribution in [2.45, 2.75) is 12.1 Å². The van der Waals surface area contributed by atoms with E-state index in [4.69, 9.17) is 34.5 Å². The van der Waals surface area contributed by atoms with E-state index in [0.717, 1.165) is 11.8 Å². The van der Waals surface area contributed by atoms with Crippen LogP contribution in [0, 0.1) is 24.7 Å². The van der Waals surface area contributed by atoms with Crippen LogP contribution in [-0.2, 0) is 19.2 Å². The summed E-state index contributed by atoms with van der Waals surface area (Å²) in [6, 6.07) is -1.75. The van der Waals surface area contributed by atoms with Crippen molar-refractivity contribution < 1.29 is 29.4 Å². The summed E-state index contributed by atoms with van der Waals surface area (Å²) in [5.74, 6) is 2.73. The Morgan fingerprint density at radius 2 is 1.43 bits per heavy atom. The van der Waals surface area contributed by atoms with Gasteiger partial charge in [-0.25, -0.2) is 0 Å². The molecule has 0 saturated heterocycles. The van der Waals surface area contributed by atoms with Gasteiger partial charge in [-0.05, 0) is 0 Å². The third-order valence-corrected chi connectivity index (χ3v) is 4.22. The first kappa shape index (κ1) is 35.8. The largest absolute Gasteiger partial charge is 0.480 e. The maximum atomic E-state index is 10.9. The van der Waals surface area contributed by atoms with Crippen LogP contribution >= 0.6 is 52.7 Å². The van der Waals surface area contributed by atoms with E-state index in [9.17, 15) is 19.2 Å². The Morgan fingerprint density at radius 3 is 1.73 bits per heavy atom. The first-order valence-corrected chi connectivity index (χ1v) is 10.6. The van der Waals surface area contributed by atoms with Gasteiger partial charge in [-0.3, -0.25) is 19.2 Å². The normalized spacial score (nSPS) is 10.5. The average Bonchev–Trinajstić information content (AvgIpc) is 2.70. The molecule has 8 N–H and O–H groups in total. The second kappa shape index (κ2) is 25.4. The molecule has 0 aliphatic heterocycles. The van der Waals surface area contributed by atoms with Gasteiger partial charge in [-0.15, -0.1) is 37.0 Å². The minimum absolute atomic E-state index is 0. The number of alkyl halides is 1. The number of hydrogen-bond donors (Lipinski definition) is 7. The second-order valence-corrected chi connectivity index (χ2v) is 6.64. The zero-order chi connectivity index (χ0) is 23.2. The molecule has 10 nitrogen and oxygen atoms in total. The molecule has 0 aromatic heterocycles. The highest BCUT2D eigenvalue weighted by Crippen LogP contribution is 2.00. The molecule has 0 aliphatic rings. The fraction of sp³-hybridized carbons (Fsp3) is 0.500. The summed E-state index contributed by atoms with van der Waals surface area (Å²) in [6.45, 7) is 0.495. The number of carboxylic acid groups (broad SMARTS) is 2. The van der Waals surface area contributed by atoms with Gasteiger partial charge in [0.15, 0.2) is 0 Å². The van der Waals surface area contributed by atoms with Gasteiger partial charge < -0.3 is 32.3 Å². The molecule has 2 amide bonds. The maximum Gasteiger partial charge on any atom is 0.321 e. The summed E-state index contributed by atoms with van der Waals surface area (Å²) in [5.41, 5.74) is 10.2. The molecule has 0 fully saturated rings. The van der Waals surface area contributed by atoms with E-state index in [-0.39, 0.29) is 48.0 Å². The smallest absolute Gasteiger partial charge is 0.321 e. The number of amides is 2. The van der Waals surface area contributed by atoms with Crippen molar-refractivity contribution >= 4 is 76.5 Å². The highest BCUT2D eigenvalue weighted by atomic mass is 79.9. The Kier molecular flexibility index (Phi) is 30.3. The van der Waals surface area contributed by atoms with Crippen molar-refractivity contribution in [2.24, 2.45) is 11.5 Å². The van der Waals surface area contributed by atoms with Gasteiger partial charge in [0.1, 0.15) is 12.1 Å². The summed E-state index contributed by atoms with van der Waals surface area (Å²) in [4.78, 5) is 41.3. The van der Waals surface area contributed by atoms with Crippen molar-refractivity contribution in [3.05, 3.63) is 0 Å². The second-order valence-electron chi connectivity index (χ2n) is 4.68. The van der Waals surface area contributed by atoms with Crippen molar-refractivity contribution in [1.29, 1.82) is 0 Å². The summed E-state index contributed by atoms with van der Waals surface area (Å²) in [6.07, 6.45) is 9.78. The van der Waals surface area contributed by atoms with Crippen molar-refractivity contribution in [2.75, 3.05) is 35.7 Å². The highest BCUT2D eigenvalue weighted by molar-refractivity contribution is 9.09. The molecule has 0 unspecified atom stereocenters. The fourth-order valence-corrected chi connectivity index (χ4v) is 1.98. The number of aliphatic carboxylic acids is 2. The molecule has 0 radical (unpaired) electrons. The van der Waals surface area contributed by atoms with Gasteiger partial charge in [-0.1, -0.05) is 27.8 Å². The lowest BCUT2D eigenvalue weighted by Crippen LogP contribution is -2.33. The first-order valence-electron chi connectivity index (χ1n) is 7.68. The molecule has 2 atom stereocenters. The summed E-state index contributed by atoms with van der Waals surface area (Å²) in [5, 5.41) is 21.7. The molecule has 172 valence electrons. The Hall–Kier alpha value is -1.61. The standard InChI is InChI=1S/C8H12N2O3S.C5H6BrNO.C3H7NO2S.ClH/c1-2-3-10-7(11)5-14-4-6(9)8(12)13;1-2-3-7-5(8)4-6;4-2(1-7)3(5)6;/h1,6H,3-5,9H2,(H,10,11)(H,12,13);1H,3-4H2,(H,7,8);2,7H,1,4H2,(H,5,6);1H/t6-;;2-;/m0.0./s1. The number of thioether (sulfide) groups is 1. The lowest BCUT2D eigenvalue weighted by molar-refractivity contribution is -0.138. The van der Waals surface area contributed by atoms with Gasteiger partial charge in [0.25, 0.3) is 0 Å². The molecule has 0 heterocycles.